The van der Waals surface area contributed by atoms with Gasteiger partial charge in [0.15, 0.2) is 5.78 Å². The Morgan fingerprint density at radius 2 is 1.92 bits per heavy atom. The summed E-state index contributed by atoms with van der Waals surface area (Å²) in [6.07, 6.45) is 6.28. The van der Waals surface area contributed by atoms with Crippen LogP contribution in [0.15, 0.2) is 30.9 Å². The second kappa shape index (κ2) is 8.35. The zero-order valence-electron chi connectivity index (χ0n) is 16.6. The van der Waals surface area contributed by atoms with E-state index in [1.54, 1.807) is 0 Å². The van der Waals surface area contributed by atoms with Crippen LogP contribution in [0, 0.1) is 5.92 Å². The smallest absolute Gasteiger partial charge is 0.256 e. The number of fused-ring (bicyclic) bond motifs is 1. The fraction of sp³-hybridized carbons (Fsp3) is 0.591. The minimum Gasteiger partial charge on any atom is -0.543 e. The largest absolute Gasteiger partial charge is 0.543 e. The third-order valence-electron chi connectivity index (χ3n) is 5.84. The van der Waals surface area contributed by atoms with Gasteiger partial charge in [-0.05, 0) is 42.5 Å². The van der Waals surface area contributed by atoms with Crippen LogP contribution in [0.1, 0.15) is 69.8 Å². The molecule has 1 aliphatic rings. The fourth-order valence-electron chi connectivity index (χ4n) is 4.19. The highest BCUT2D eigenvalue weighted by atomic mass is 28.4. The van der Waals surface area contributed by atoms with E-state index in [2.05, 4.69) is 40.3 Å². The molecule has 3 heteroatoms. The highest BCUT2D eigenvalue weighted by Crippen LogP contribution is 2.42. The summed E-state index contributed by atoms with van der Waals surface area (Å²) in [5, 5.41) is 0. The molecule has 0 aromatic heterocycles. The first-order valence-electron chi connectivity index (χ1n) is 9.79. The number of unbranched alkanes of at least 4 members (excludes halogenated alkanes) is 2. The molecule has 0 spiro atoms. The Hall–Kier alpha value is -1.35. The summed E-state index contributed by atoms with van der Waals surface area (Å²) < 4.78 is 6.91. The van der Waals surface area contributed by atoms with E-state index in [9.17, 15) is 4.79 Å². The molecule has 1 atom stereocenters. The molecule has 0 N–H and O–H groups in total. The lowest BCUT2D eigenvalue weighted by Crippen LogP contribution is -2.48. The minimum atomic E-state index is -1.97. The van der Waals surface area contributed by atoms with Crippen molar-refractivity contribution < 1.29 is 9.22 Å². The van der Waals surface area contributed by atoms with Crippen LogP contribution < -0.4 is 4.43 Å². The van der Waals surface area contributed by atoms with Gasteiger partial charge in [-0.15, -0.1) is 6.58 Å². The van der Waals surface area contributed by atoms with E-state index >= 15 is 0 Å². The molecule has 1 aromatic rings. The van der Waals surface area contributed by atoms with Crippen molar-refractivity contribution in [2.24, 2.45) is 5.92 Å². The quantitative estimate of drug-likeness (QED) is 0.284. The highest BCUT2D eigenvalue weighted by Gasteiger charge is 2.44. The number of allylic oxidation sites excluding steroid dienone is 1. The molecule has 0 heterocycles. The summed E-state index contributed by atoms with van der Waals surface area (Å²) in [5.41, 5.74) is 3.11. The Kier molecular flexibility index (Phi) is 6.67. The highest BCUT2D eigenvalue weighted by molar-refractivity contribution is 6.77. The number of carbonyl (C=O) groups is 1. The predicted octanol–water partition coefficient (Wildman–Crippen LogP) is 6.56. The topological polar surface area (TPSA) is 26.3 Å². The molecular weight excluding hydrogens is 324 g/mol. The van der Waals surface area contributed by atoms with Crippen LogP contribution in [0.25, 0.3) is 0 Å². The second-order valence-corrected chi connectivity index (χ2v) is 13.1. The Labute approximate surface area is 154 Å². The molecule has 2 nitrogen and oxygen atoms in total. The van der Waals surface area contributed by atoms with Gasteiger partial charge >= 0.3 is 0 Å². The third-order valence-corrected chi connectivity index (χ3v) is 11.5. The molecule has 2 rings (SSSR count). The van der Waals surface area contributed by atoms with Crippen LogP contribution in [0.4, 0.5) is 0 Å². The molecule has 138 valence electrons. The van der Waals surface area contributed by atoms with Crippen LogP contribution >= 0.6 is 0 Å². The molecule has 1 aliphatic carbocycles. The molecular formula is C22H34O2Si. The molecule has 1 unspecified atom stereocenters. The molecule has 0 radical (unpaired) electrons. The van der Waals surface area contributed by atoms with E-state index < -0.39 is 8.32 Å². The number of hydrogen-bond acceptors (Lipinski definition) is 2. The summed E-state index contributed by atoms with van der Waals surface area (Å²) in [6.45, 7) is 15.1. The van der Waals surface area contributed by atoms with Crippen molar-refractivity contribution in [1.82, 2.24) is 0 Å². The van der Waals surface area contributed by atoms with Crippen molar-refractivity contribution >= 4 is 14.1 Å². The van der Waals surface area contributed by atoms with Crippen molar-refractivity contribution in [2.45, 2.75) is 77.4 Å². The molecule has 1 aromatic carbocycles. The van der Waals surface area contributed by atoms with Crippen molar-refractivity contribution in [3.8, 4) is 5.75 Å². The first-order valence-corrected chi connectivity index (χ1v) is 12.1. The maximum atomic E-state index is 12.4. The number of ketones is 1. The van der Waals surface area contributed by atoms with E-state index in [4.69, 9.17) is 4.43 Å². The lowest BCUT2D eigenvalue weighted by Gasteiger charge is -2.39. The fourth-order valence-corrected chi connectivity index (χ4v) is 8.66. The number of benzene rings is 1. The predicted molar refractivity (Wildman–Crippen MR) is 109 cm³/mol. The second-order valence-electron chi connectivity index (χ2n) is 8.15. The Balaban J connectivity index is 2.31. The molecule has 0 saturated heterocycles. The minimum absolute atomic E-state index is 0.0847. The van der Waals surface area contributed by atoms with E-state index in [1.165, 1.54) is 18.9 Å². The van der Waals surface area contributed by atoms with Gasteiger partial charge in [0.25, 0.3) is 8.32 Å². The van der Waals surface area contributed by atoms with E-state index in [0.717, 1.165) is 29.7 Å². The first-order chi connectivity index (χ1) is 11.8. The van der Waals surface area contributed by atoms with Gasteiger partial charge in [0.1, 0.15) is 5.75 Å². The van der Waals surface area contributed by atoms with Gasteiger partial charge in [0.05, 0.1) is 0 Å². The van der Waals surface area contributed by atoms with Gasteiger partial charge in [-0.1, -0.05) is 59.2 Å². The van der Waals surface area contributed by atoms with Gasteiger partial charge in [0.2, 0.25) is 0 Å². The summed E-state index contributed by atoms with van der Waals surface area (Å²) in [7, 11) is -1.97. The maximum Gasteiger partial charge on any atom is 0.256 e. The normalized spacial score (nSPS) is 17.2. The SMILES string of the molecule is C=CCCCC[Si](Oc1cccc2c1CC(C)C2=O)(C(C)C)C(C)C. The monoisotopic (exact) mass is 358 g/mol. The molecule has 0 aliphatic heterocycles. The summed E-state index contributed by atoms with van der Waals surface area (Å²) >= 11 is 0. The average Bonchev–Trinajstić information content (AvgIpc) is 2.86. The number of carbonyl (C=O) groups excluding carboxylic acids is 1. The summed E-state index contributed by atoms with van der Waals surface area (Å²) in [5.74, 6) is 1.34. The Morgan fingerprint density at radius 1 is 1.24 bits per heavy atom. The van der Waals surface area contributed by atoms with Crippen LogP contribution in [-0.4, -0.2) is 14.1 Å². The van der Waals surface area contributed by atoms with Crippen LogP contribution in [0.2, 0.25) is 17.1 Å². The molecule has 0 fully saturated rings. The van der Waals surface area contributed by atoms with Gasteiger partial charge < -0.3 is 4.43 Å². The Morgan fingerprint density at radius 3 is 2.52 bits per heavy atom. The van der Waals surface area contributed by atoms with Crippen molar-refractivity contribution in [2.75, 3.05) is 0 Å². The van der Waals surface area contributed by atoms with Crippen molar-refractivity contribution in [3.05, 3.63) is 42.0 Å². The number of rotatable bonds is 9. The van der Waals surface area contributed by atoms with Crippen LogP contribution in [-0.2, 0) is 6.42 Å². The molecule has 0 amide bonds. The lowest BCUT2D eigenvalue weighted by molar-refractivity contribution is 0.0946. The Bertz CT molecular complexity index is 610. The average molecular weight is 359 g/mol. The van der Waals surface area contributed by atoms with Crippen molar-refractivity contribution in [3.63, 3.8) is 0 Å². The van der Waals surface area contributed by atoms with E-state index in [-0.39, 0.29) is 11.7 Å². The number of hydrogen-bond donors (Lipinski definition) is 0. The lowest BCUT2D eigenvalue weighted by atomic mass is 10.1. The van der Waals surface area contributed by atoms with Gasteiger partial charge in [-0.25, -0.2) is 0 Å². The van der Waals surface area contributed by atoms with Crippen LogP contribution in [0.5, 0.6) is 5.75 Å². The third kappa shape index (κ3) is 4.08. The van der Waals surface area contributed by atoms with Crippen LogP contribution in [0.3, 0.4) is 0 Å². The van der Waals surface area contributed by atoms with Gasteiger partial charge in [0, 0.05) is 17.0 Å². The molecule has 0 saturated carbocycles. The zero-order chi connectivity index (χ0) is 18.6. The summed E-state index contributed by atoms with van der Waals surface area (Å²) in [4.78, 5) is 12.4. The van der Waals surface area contributed by atoms with E-state index in [1.807, 2.05) is 25.1 Å². The molecule has 25 heavy (non-hydrogen) atoms. The van der Waals surface area contributed by atoms with Gasteiger partial charge in [-0.3, -0.25) is 4.79 Å². The molecule has 0 bridgehead atoms. The van der Waals surface area contributed by atoms with Crippen molar-refractivity contribution in [1.29, 1.82) is 0 Å². The standard InChI is InChI=1S/C22H34O2Si/c1-7-8-9-10-14-25(16(2)3,17(4)5)24-21-13-11-12-19-20(21)15-18(6)22(19)23/h7,11-13,16-18H,1,8-10,14-15H2,2-6H3. The number of Topliss-reactive ketones (excluding diaryl/α,β-unsaturated/α-hetero) is 1. The maximum absolute atomic E-state index is 12.4. The first kappa shape index (κ1) is 20.0. The zero-order valence-corrected chi connectivity index (χ0v) is 17.6. The summed E-state index contributed by atoms with van der Waals surface area (Å²) in [6, 6.07) is 7.21. The van der Waals surface area contributed by atoms with E-state index in [0.29, 0.717) is 11.1 Å². The van der Waals surface area contributed by atoms with Gasteiger partial charge in [-0.2, -0.15) is 0 Å².